The van der Waals surface area contributed by atoms with Crippen molar-refractivity contribution in [2.45, 2.75) is 32.2 Å². The monoisotopic (exact) mass is 401 g/mol. The number of carbonyl (C=O) groups is 2. The molecule has 0 saturated heterocycles. The van der Waals surface area contributed by atoms with Crippen LogP contribution in [0.25, 0.3) is 5.69 Å². The molecular formula is C24H23N3O3. The number of ether oxygens (including phenoxy) is 1. The minimum absolute atomic E-state index is 0.169. The van der Waals surface area contributed by atoms with Gasteiger partial charge in [-0.05, 0) is 48.9 Å². The number of fused-ring (bicyclic) bond motifs is 2. The van der Waals surface area contributed by atoms with E-state index >= 15 is 0 Å². The van der Waals surface area contributed by atoms with Gasteiger partial charge >= 0.3 is 5.97 Å². The minimum atomic E-state index is -0.520. The maximum atomic E-state index is 12.8. The number of hydrogen-bond acceptors (Lipinski definition) is 4. The van der Waals surface area contributed by atoms with Gasteiger partial charge in [-0.2, -0.15) is 5.10 Å². The van der Waals surface area contributed by atoms with Crippen molar-refractivity contribution in [3.8, 4) is 5.69 Å². The normalized spacial score (nSPS) is 14.9. The molecule has 0 N–H and O–H groups in total. The Bertz CT molecular complexity index is 1100. The molecule has 2 aromatic carbocycles. The third-order valence-corrected chi connectivity index (χ3v) is 5.93. The maximum Gasteiger partial charge on any atom is 0.359 e. The van der Waals surface area contributed by atoms with E-state index in [1.54, 1.807) is 4.90 Å². The van der Waals surface area contributed by atoms with E-state index in [9.17, 15) is 9.59 Å². The lowest BCUT2D eigenvalue weighted by atomic mass is 10.00. The van der Waals surface area contributed by atoms with Gasteiger partial charge < -0.3 is 9.64 Å². The van der Waals surface area contributed by atoms with Crippen molar-refractivity contribution in [2.24, 2.45) is 0 Å². The maximum absolute atomic E-state index is 12.8. The predicted molar refractivity (Wildman–Crippen MR) is 111 cm³/mol. The second-order valence-electron chi connectivity index (χ2n) is 7.78. The van der Waals surface area contributed by atoms with E-state index in [2.05, 4.69) is 11.2 Å². The van der Waals surface area contributed by atoms with Crippen LogP contribution in [0.2, 0.25) is 0 Å². The highest BCUT2D eigenvalue weighted by molar-refractivity contribution is 5.91. The van der Waals surface area contributed by atoms with Gasteiger partial charge in [0.05, 0.1) is 5.69 Å². The van der Waals surface area contributed by atoms with Crippen molar-refractivity contribution in [2.75, 3.05) is 13.2 Å². The molecule has 30 heavy (non-hydrogen) atoms. The fourth-order valence-corrected chi connectivity index (χ4v) is 4.38. The highest BCUT2D eigenvalue weighted by atomic mass is 16.5. The second-order valence-corrected chi connectivity index (χ2v) is 7.78. The summed E-state index contributed by atoms with van der Waals surface area (Å²) in [6.45, 7) is 0.948. The van der Waals surface area contributed by atoms with Gasteiger partial charge in [0.2, 0.25) is 0 Å². The summed E-state index contributed by atoms with van der Waals surface area (Å²) in [6, 6.07) is 17.9. The first-order valence-electron chi connectivity index (χ1n) is 10.4. The van der Waals surface area contributed by atoms with Crippen LogP contribution >= 0.6 is 0 Å². The Kier molecular flexibility index (Phi) is 4.83. The quantitative estimate of drug-likeness (QED) is 0.630. The smallest absolute Gasteiger partial charge is 0.359 e. The van der Waals surface area contributed by atoms with Crippen molar-refractivity contribution in [3.63, 3.8) is 0 Å². The van der Waals surface area contributed by atoms with Crippen LogP contribution in [0.15, 0.2) is 54.6 Å². The van der Waals surface area contributed by atoms with Crippen LogP contribution in [0.1, 0.15) is 39.3 Å². The highest BCUT2D eigenvalue weighted by Gasteiger charge is 2.29. The molecule has 1 aromatic heterocycles. The second kappa shape index (κ2) is 7.78. The number of para-hydroxylation sites is 1. The summed E-state index contributed by atoms with van der Waals surface area (Å²) < 4.78 is 7.24. The third kappa shape index (κ3) is 3.38. The van der Waals surface area contributed by atoms with Crippen molar-refractivity contribution in [1.29, 1.82) is 0 Å². The van der Waals surface area contributed by atoms with Gasteiger partial charge in [0.1, 0.15) is 0 Å². The van der Waals surface area contributed by atoms with Crippen LogP contribution in [0, 0.1) is 0 Å². The number of aromatic nitrogens is 2. The molecule has 0 fully saturated rings. The molecular weight excluding hydrogens is 378 g/mol. The zero-order valence-electron chi connectivity index (χ0n) is 16.7. The van der Waals surface area contributed by atoms with Gasteiger partial charge in [-0.1, -0.05) is 42.5 Å². The molecule has 0 saturated carbocycles. The van der Waals surface area contributed by atoms with Gasteiger partial charge in [0, 0.05) is 24.3 Å². The molecule has 2 heterocycles. The summed E-state index contributed by atoms with van der Waals surface area (Å²) in [6.07, 6.45) is 3.51. The van der Waals surface area contributed by atoms with Crippen molar-refractivity contribution >= 4 is 11.9 Å². The number of carbonyl (C=O) groups excluding carboxylic acids is 2. The molecule has 1 aliphatic carbocycles. The molecule has 0 atom stereocenters. The summed E-state index contributed by atoms with van der Waals surface area (Å²) in [7, 11) is 0. The summed E-state index contributed by atoms with van der Waals surface area (Å²) >= 11 is 0. The average Bonchev–Trinajstić information content (AvgIpc) is 3.40. The van der Waals surface area contributed by atoms with Gasteiger partial charge in [0.15, 0.2) is 12.3 Å². The number of rotatable bonds is 4. The Labute approximate surface area is 175 Å². The van der Waals surface area contributed by atoms with Crippen LogP contribution in [0.4, 0.5) is 0 Å². The first-order chi connectivity index (χ1) is 14.7. The SMILES string of the molecule is O=C(OCC(=O)N1CCc2ccccc2C1)c1nn(-c2ccccc2)c2c1CCC2. The molecule has 0 radical (unpaired) electrons. The van der Waals surface area contributed by atoms with Crippen molar-refractivity contribution in [3.05, 3.63) is 82.7 Å². The van der Waals surface area contributed by atoms with E-state index in [0.29, 0.717) is 18.8 Å². The van der Waals surface area contributed by atoms with Gasteiger partial charge in [-0.15, -0.1) is 0 Å². The van der Waals surface area contributed by atoms with E-state index in [0.717, 1.165) is 48.2 Å². The molecule has 1 aliphatic heterocycles. The molecule has 6 heteroatoms. The Hall–Kier alpha value is -3.41. The van der Waals surface area contributed by atoms with E-state index in [-0.39, 0.29) is 12.5 Å². The molecule has 0 bridgehead atoms. The number of esters is 1. The molecule has 2 aliphatic rings. The molecule has 152 valence electrons. The highest BCUT2D eigenvalue weighted by Crippen LogP contribution is 2.28. The largest absolute Gasteiger partial charge is 0.451 e. The molecule has 3 aromatic rings. The molecule has 1 amide bonds. The van der Waals surface area contributed by atoms with E-state index in [1.807, 2.05) is 53.2 Å². The molecule has 0 unspecified atom stereocenters. The Balaban J connectivity index is 1.28. The molecule has 6 nitrogen and oxygen atoms in total. The van der Waals surface area contributed by atoms with E-state index in [4.69, 9.17) is 4.74 Å². The minimum Gasteiger partial charge on any atom is -0.451 e. The lowest BCUT2D eigenvalue weighted by Crippen LogP contribution is -2.38. The zero-order chi connectivity index (χ0) is 20.5. The van der Waals surface area contributed by atoms with Gasteiger partial charge in [-0.25, -0.2) is 9.48 Å². The van der Waals surface area contributed by atoms with Gasteiger partial charge in [-0.3, -0.25) is 4.79 Å². The fraction of sp³-hybridized carbons (Fsp3) is 0.292. The average molecular weight is 401 g/mol. The Morgan fingerprint density at radius 2 is 1.70 bits per heavy atom. The standard InChI is InChI=1S/C24H23N3O3/c28-22(26-14-13-17-7-4-5-8-18(17)15-26)16-30-24(29)23-20-11-6-12-21(20)27(25-23)19-9-2-1-3-10-19/h1-5,7-10H,6,11-16H2. The van der Waals surface area contributed by atoms with Gasteiger partial charge in [0.25, 0.3) is 5.91 Å². The van der Waals surface area contributed by atoms with E-state index in [1.165, 1.54) is 5.56 Å². The fourth-order valence-electron chi connectivity index (χ4n) is 4.38. The van der Waals surface area contributed by atoms with Crippen LogP contribution in [0.3, 0.4) is 0 Å². The third-order valence-electron chi connectivity index (χ3n) is 5.93. The molecule has 5 rings (SSSR count). The lowest BCUT2D eigenvalue weighted by molar-refractivity contribution is -0.135. The number of amides is 1. The van der Waals surface area contributed by atoms with Crippen molar-refractivity contribution < 1.29 is 14.3 Å². The Morgan fingerprint density at radius 3 is 2.53 bits per heavy atom. The topological polar surface area (TPSA) is 64.4 Å². The van der Waals surface area contributed by atoms with Crippen LogP contribution in [-0.2, 0) is 35.3 Å². The van der Waals surface area contributed by atoms with Crippen LogP contribution in [-0.4, -0.2) is 39.7 Å². The van der Waals surface area contributed by atoms with Crippen molar-refractivity contribution in [1.82, 2.24) is 14.7 Å². The summed E-state index contributed by atoms with van der Waals surface area (Å²) in [4.78, 5) is 27.1. The summed E-state index contributed by atoms with van der Waals surface area (Å²) in [5.41, 5.74) is 5.71. The van der Waals surface area contributed by atoms with Crippen LogP contribution < -0.4 is 0 Å². The first kappa shape index (κ1) is 18.6. The summed E-state index contributed by atoms with van der Waals surface area (Å²) in [5.74, 6) is -0.689. The Morgan fingerprint density at radius 1 is 0.933 bits per heavy atom. The van der Waals surface area contributed by atoms with E-state index < -0.39 is 5.97 Å². The number of hydrogen-bond donors (Lipinski definition) is 0. The predicted octanol–water partition coefficient (Wildman–Crippen LogP) is 3.10. The molecule has 0 spiro atoms. The van der Waals surface area contributed by atoms with Crippen LogP contribution in [0.5, 0.6) is 0 Å². The first-order valence-corrected chi connectivity index (χ1v) is 10.4. The number of benzene rings is 2. The lowest BCUT2D eigenvalue weighted by Gasteiger charge is -2.28. The zero-order valence-corrected chi connectivity index (χ0v) is 16.7. The summed E-state index contributed by atoms with van der Waals surface area (Å²) in [5, 5.41) is 4.54. The number of nitrogens with zero attached hydrogens (tertiary/aromatic N) is 3.